The predicted octanol–water partition coefficient (Wildman–Crippen LogP) is 2.73. The standard InChI is InChI=1S/C13H11ClN2O4S/c14-12-7-6-11(8-13(12)16(17)18)21(19,20)15-9-10-4-2-1-3-5-10/h1-8,15H,9H2. The number of nitro groups is 1. The average Bonchev–Trinajstić information content (AvgIpc) is 2.46. The van der Waals surface area contributed by atoms with E-state index in [0.29, 0.717) is 0 Å². The summed E-state index contributed by atoms with van der Waals surface area (Å²) in [7, 11) is -3.84. The van der Waals surface area contributed by atoms with Crippen LogP contribution in [0.5, 0.6) is 0 Å². The van der Waals surface area contributed by atoms with E-state index in [2.05, 4.69) is 4.72 Å². The molecule has 21 heavy (non-hydrogen) atoms. The summed E-state index contributed by atoms with van der Waals surface area (Å²) >= 11 is 5.66. The Morgan fingerprint density at radius 1 is 1.14 bits per heavy atom. The highest BCUT2D eigenvalue weighted by atomic mass is 35.5. The van der Waals surface area contributed by atoms with E-state index in [4.69, 9.17) is 11.6 Å². The fourth-order valence-corrected chi connectivity index (χ4v) is 2.88. The summed E-state index contributed by atoms with van der Waals surface area (Å²) < 4.78 is 26.6. The highest BCUT2D eigenvalue weighted by Crippen LogP contribution is 2.27. The van der Waals surface area contributed by atoms with Gasteiger partial charge in [0.2, 0.25) is 10.0 Å². The third kappa shape index (κ3) is 3.78. The van der Waals surface area contributed by atoms with E-state index in [9.17, 15) is 18.5 Å². The Balaban J connectivity index is 2.24. The Labute approximate surface area is 126 Å². The molecule has 0 unspecified atom stereocenters. The number of benzene rings is 2. The molecule has 8 heteroatoms. The first kappa shape index (κ1) is 15.4. The fraction of sp³-hybridized carbons (Fsp3) is 0.0769. The van der Waals surface area contributed by atoms with E-state index in [0.717, 1.165) is 11.6 Å². The van der Waals surface area contributed by atoms with Crippen molar-refractivity contribution >= 4 is 27.3 Å². The summed E-state index contributed by atoms with van der Waals surface area (Å²) in [5.74, 6) is 0. The van der Waals surface area contributed by atoms with E-state index in [1.807, 2.05) is 6.07 Å². The second-order valence-electron chi connectivity index (χ2n) is 4.18. The lowest BCUT2D eigenvalue weighted by atomic mass is 10.2. The molecule has 110 valence electrons. The molecule has 0 aliphatic carbocycles. The van der Waals surface area contributed by atoms with Crippen LogP contribution in [-0.4, -0.2) is 13.3 Å². The topological polar surface area (TPSA) is 89.3 Å². The van der Waals surface area contributed by atoms with Gasteiger partial charge in [0.05, 0.1) is 9.82 Å². The molecule has 2 aromatic carbocycles. The van der Waals surface area contributed by atoms with Crippen molar-refractivity contribution in [1.29, 1.82) is 0 Å². The maximum absolute atomic E-state index is 12.1. The Bertz CT molecular complexity index is 763. The quantitative estimate of drug-likeness (QED) is 0.675. The molecule has 0 heterocycles. The Hall–Kier alpha value is -1.96. The maximum atomic E-state index is 12.1. The van der Waals surface area contributed by atoms with Crippen molar-refractivity contribution in [2.24, 2.45) is 0 Å². The molecule has 0 aliphatic heterocycles. The average molecular weight is 327 g/mol. The minimum Gasteiger partial charge on any atom is -0.258 e. The molecule has 0 saturated carbocycles. The van der Waals surface area contributed by atoms with E-state index in [1.54, 1.807) is 24.3 Å². The van der Waals surface area contributed by atoms with Gasteiger partial charge >= 0.3 is 0 Å². The number of rotatable bonds is 5. The van der Waals surface area contributed by atoms with Crippen molar-refractivity contribution in [3.63, 3.8) is 0 Å². The molecule has 0 fully saturated rings. The third-order valence-electron chi connectivity index (χ3n) is 2.73. The third-order valence-corrected chi connectivity index (χ3v) is 4.45. The summed E-state index contributed by atoms with van der Waals surface area (Å²) in [6.45, 7) is 0.0968. The second kappa shape index (κ2) is 6.21. The van der Waals surface area contributed by atoms with Crippen LogP contribution < -0.4 is 4.72 Å². The van der Waals surface area contributed by atoms with Crippen molar-refractivity contribution in [3.05, 3.63) is 69.2 Å². The van der Waals surface area contributed by atoms with Crippen molar-refractivity contribution in [1.82, 2.24) is 4.72 Å². The first-order valence-corrected chi connectivity index (χ1v) is 7.74. The van der Waals surface area contributed by atoms with Crippen LogP contribution in [0.1, 0.15) is 5.56 Å². The molecule has 2 aromatic rings. The molecule has 0 spiro atoms. The Morgan fingerprint density at radius 2 is 1.81 bits per heavy atom. The largest absolute Gasteiger partial charge is 0.289 e. The minimum atomic E-state index is -3.84. The van der Waals surface area contributed by atoms with Gasteiger partial charge in [0.25, 0.3) is 5.69 Å². The van der Waals surface area contributed by atoms with Gasteiger partial charge in [-0.15, -0.1) is 0 Å². The lowest BCUT2D eigenvalue weighted by Gasteiger charge is -2.07. The van der Waals surface area contributed by atoms with Gasteiger partial charge in [0, 0.05) is 12.6 Å². The molecule has 0 saturated heterocycles. The zero-order valence-corrected chi connectivity index (χ0v) is 12.3. The molecule has 0 radical (unpaired) electrons. The van der Waals surface area contributed by atoms with Gasteiger partial charge in [-0.3, -0.25) is 10.1 Å². The van der Waals surface area contributed by atoms with Crippen LogP contribution in [0.25, 0.3) is 0 Å². The maximum Gasteiger partial charge on any atom is 0.289 e. The second-order valence-corrected chi connectivity index (χ2v) is 6.35. The van der Waals surface area contributed by atoms with Crippen LogP contribution in [0.4, 0.5) is 5.69 Å². The highest BCUT2D eigenvalue weighted by molar-refractivity contribution is 7.89. The van der Waals surface area contributed by atoms with Gasteiger partial charge in [-0.05, 0) is 17.7 Å². The molecule has 0 aliphatic rings. The highest BCUT2D eigenvalue weighted by Gasteiger charge is 2.20. The van der Waals surface area contributed by atoms with Crippen LogP contribution >= 0.6 is 11.6 Å². The molecule has 1 N–H and O–H groups in total. The van der Waals surface area contributed by atoms with Gasteiger partial charge in [0.1, 0.15) is 5.02 Å². The summed E-state index contributed by atoms with van der Waals surface area (Å²) in [4.78, 5) is 9.86. The number of sulfonamides is 1. The van der Waals surface area contributed by atoms with Gasteiger partial charge in [0.15, 0.2) is 0 Å². The first-order valence-electron chi connectivity index (χ1n) is 5.88. The molecule has 6 nitrogen and oxygen atoms in total. The summed E-state index contributed by atoms with van der Waals surface area (Å²) in [6, 6.07) is 12.3. The molecule has 0 amide bonds. The number of hydrogen-bond acceptors (Lipinski definition) is 4. The SMILES string of the molecule is O=[N+]([O-])c1cc(S(=O)(=O)NCc2ccccc2)ccc1Cl. The zero-order chi connectivity index (χ0) is 15.5. The molecule has 0 bridgehead atoms. The van der Waals surface area contributed by atoms with Crippen molar-refractivity contribution in [2.45, 2.75) is 11.4 Å². The first-order chi connectivity index (χ1) is 9.90. The van der Waals surface area contributed by atoms with Crippen LogP contribution in [-0.2, 0) is 16.6 Å². The lowest BCUT2D eigenvalue weighted by Crippen LogP contribution is -2.23. The lowest BCUT2D eigenvalue weighted by molar-refractivity contribution is -0.384. The van der Waals surface area contributed by atoms with E-state index < -0.39 is 20.6 Å². The van der Waals surface area contributed by atoms with Crippen LogP contribution in [0, 0.1) is 10.1 Å². The molecule has 2 rings (SSSR count). The molecular weight excluding hydrogens is 316 g/mol. The van der Waals surface area contributed by atoms with Crippen LogP contribution in [0.3, 0.4) is 0 Å². The summed E-state index contributed by atoms with van der Waals surface area (Å²) in [5.41, 5.74) is 0.337. The van der Waals surface area contributed by atoms with Crippen LogP contribution in [0.2, 0.25) is 5.02 Å². The molecule has 0 atom stereocenters. The van der Waals surface area contributed by atoms with Crippen molar-refractivity contribution in [3.8, 4) is 0 Å². The number of nitrogens with one attached hydrogen (secondary N) is 1. The molecule has 0 aromatic heterocycles. The van der Waals surface area contributed by atoms with Gasteiger partial charge in [-0.1, -0.05) is 41.9 Å². The number of halogens is 1. The van der Waals surface area contributed by atoms with Crippen LogP contribution in [0.15, 0.2) is 53.4 Å². The minimum absolute atomic E-state index is 0.0968. The smallest absolute Gasteiger partial charge is 0.258 e. The van der Waals surface area contributed by atoms with Crippen molar-refractivity contribution < 1.29 is 13.3 Å². The summed E-state index contributed by atoms with van der Waals surface area (Å²) in [6.07, 6.45) is 0. The Kier molecular flexibility index (Phi) is 4.56. The molecular formula is C13H11ClN2O4S. The van der Waals surface area contributed by atoms with E-state index in [-0.39, 0.29) is 16.5 Å². The van der Waals surface area contributed by atoms with E-state index >= 15 is 0 Å². The normalized spacial score (nSPS) is 11.3. The fourth-order valence-electron chi connectivity index (χ4n) is 1.66. The zero-order valence-electron chi connectivity index (χ0n) is 10.7. The van der Waals surface area contributed by atoms with Gasteiger partial charge in [-0.2, -0.15) is 0 Å². The number of nitro benzene ring substituents is 1. The Morgan fingerprint density at radius 3 is 2.43 bits per heavy atom. The van der Waals surface area contributed by atoms with E-state index in [1.165, 1.54) is 12.1 Å². The number of nitrogens with zero attached hydrogens (tertiary/aromatic N) is 1. The van der Waals surface area contributed by atoms with Gasteiger partial charge in [-0.25, -0.2) is 13.1 Å². The predicted molar refractivity (Wildman–Crippen MR) is 78.6 cm³/mol. The monoisotopic (exact) mass is 326 g/mol. The summed E-state index contributed by atoms with van der Waals surface area (Å²) in [5, 5.41) is 10.7. The van der Waals surface area contributed by atoms with Crippen molar-refractivity contribution in [2.75, 3.05) is 0 Å². The number of hydrogen-bond donors (Lipinski definition) is 1. The van der Waals surface area contributed by atoms with Gasteiger partial charge < -0.3 is 0 Å².